The van der Waals surface area contributed by atoms with Crippen LogP contribution in [0, 0.1) is 0 Å². The van der Waals surface area contributed by atoms with E-state index in [4.69, 9.17) is 4.42 Å². The van der Waals surface area contributed by atoms with Crippen molar-refractivity contribution in [2.45, 2.75) is 32.5 Å². The van der Waals surface area contributed by atoms with Crippen molar-refractivity contribution in [3.63, 3.8) is 0 Å². The van der Waals surface area contributed by atoms with E-state index >= 15 is 0 Å². The van der Waals surface area contributed by atoms with E-state index in [9.17, 15) is 13.2 Å². The topological polar surface area (TPSA) is 74.6 Å². The smallest absolute Gasteiger partial charge is 0.433 e. The Bertz CT molecular complexity index is 1460. The number of hydrogen-bond donors (Lipinski definition) is 0. The predicted molar refractivity (Wildman–Crippen MR) is 120 cm³/mol. The third-order valence-corrected chi connectivity index (χ3v) is 5.51. The standard InChI is InChI=1S/C24H21F3N6O/c1-14(2)33-19(9-11-29-33)23-30-17-8-10-28-18(21(17)34-23)12-15-4-6-16(7-5-15)22-31-20(13-32(22)3)24(25,26)27/h4-11,13-14H,12H2,1-3H3. The first kappa shape index (κ1) is 21.9. The lowest BCUT2D eigenvalue weighted by molar-refractivity contribution is -0.140. The molecule has 34 heavy (non-hydrogen) atoms. The molecule has 0 fully saturated rings. The molecule has 0 spiro atoms. The molecule has 1 aromatic carbocycles. The number of aryl methyl sites for hydroxylation is 1. The molecule has 0 saturated heterocycles. The highest BCUT2D eigenvalue weighted by Gasteiger charge is 2.34. The van der Waals surface area contributed by atoms with Crippen molar-refractivity contribution in [2.24, 2.45) is 7.05 Å². The van der Waals surface area contributed by atoms with Crippen molar-refractivity contribution in [1.29, 1.82) is 0 Å². The Morgan fingerprint density at radius 1 is 1.00 bits per heavy atom. The summed E-state index contributed by atoms with van der Waals surface area (Å²) in [5, 5.41) is 4.34. The van der Waals surface area contributed by atoms with Crippen molar-refractivity contribution in [1.82, 2.24) is 29.3 Å². The average molecular weight is 466 g/mol. The van der Waals surface area contributed by atoms with Gasteiger partial charge in [-0.1, -0.05) is 24.3 Å². The third kappa shape index (κ3) is 3.95. The zero-order valence-electron chi connectivity index (χ0n) is 18.7. The molecule has 10 heteroatoms. The first-order valence-electron chi connectivity index (χ1n) is 10.7. The molecule has 174 valence electrons. The van der Waals surface area contributed by atoms with Gasteiger partial charge < -0.3 is 8.98 Å². The molecule has 0 unspecified atom stereocenters. The quantitative estimate of drug-likeness (QED) is 0.333. The van der Waals surface area contributed by atoms with Gasteiger partial charge in [-0.05, 0) is 31.5 Å². The lowest BCUT2D eigenvalue weighted by Gasteiger charge is -2.07. The molecule has 0 aliphatic heterocycles. The Morgan fingerprint density at radius 2 is 1.76 bits per heavy atom. The van der Waals surface area contributed by atoms with E-state index in [0.717, 1.165) is 23.1 Å². The van der Waals surface area contributed by atoms with Crippen LogP contribution in [0.15, 0.2) is 59.4 Å². The number of pyridine rings is 1. The molecule has 5 rings (SSSR count). The van der Waals surface area contributed by atoms with E-state index in [2.05, 4.69) is 20.1 Å². The number of imidazole rings is 1. The molecule has 7 nitrogen and oxygen atoms in total. The molecule has 4 heterocycles. The van der Waals surface area contributed by atoms with Gasteiger partial charge in [0, 0.05) is 43.7 Å². The zero-order chi connectivity index (χ0) is 24.0. The molecule has 0 aliphatic rings. The van der Waals surface area contributed by atoms with Crippen LogP contribution in [0.4, 0.5) is 13.2 Å². The van der Waals surface area contributed by atoms with Gasteiger partial charge in [-0.3, -0.25) is 9.67 Å². The number of oxazole rings is 1. The number of aromatic nitrogens is 6. The Labute approximate surface area is 192 Å². The van der Waals surface area contributed by atoms with Crippen LogP contribution in [-0.4, -0.2) is 29.3 Å². The van der Waals surface area contributed by atoms with E-state index in [-0.39, 0.29) is 11.9 Å². The average Bonchev–Trinajstić information content (AvgIpc) is 3.51. The number of alkyl halides is 3. The minimum absolute atomic E-state index is 0.155. The van der Waals surface area contributed by atoms with Crippen LogP contribution >= 0.6 is 0 Å². The van der Waals surface area contributed by atoms with Crippen LogP contribution in [0.25, 0.3) is 34.1 Å². The Morgan fingerprint density at radius 3 is 2.44 bits per heavy atom. The van der Waals surface area contributed by atoms with E-state index in [0.29, 0.717) is 29.0 Å². The van der Waals surface area contributed by atoms with Gasteiger partial charge in [0.2, 0.25) is 5.89 Å². The van der Waals surface area contributed by atoms with Gasteiger partial charge in [0.05, 0.1) is 5.69 Å². The van der Waals surface area contributed by atoms with E-state index < -0.39 is 11.9 Å². The molecular formula is C24H21F3N6O. The van der Waals surface area contributed by atoms with Crippen LogP contribution in [0.3, 0.4) is 0 Å². The zero-order valence-corrected chi connectivity index (χ0v) is 18.7. The van der Waals surface area contributed by atoms with Crippen LogP contribution in [0.2, 0.25) is 0 Å². The van der Waals surface area contributed by atoms with Crippen LogP contribution < -0.4 is 0 Å². The second-order valence-corrected chi connectivity index (χ2v) is 8.31. The van der Waals surface area contributed by atoms with Gasteiger partial charge in [-0.25, -0.2) is 9.97 Å². The summed E-state index contributed by atoms with van der Waals surface area (Å²) in [6.45, 7) is 4.06. The maximum absolute atomic E-state index is 13.0. The minimum atomic E-state index is -4.48. The highest BCUT2D eigenvalue weighted by Crippen LogP contribution is 2.31. The highest BCUT2D eigenvalue weighted by molar-refractivity contribution is 5.77. The fourth-order valence-corrected chi connectivity index (χ4v) is 3.87. The number of fused-ring (bicyclic) bond motifs is 1. The summed E-state index contributed by atoms with van der Waals surface area (Å²) in [7, 11) is 1.54. The Hall–Kier alpha value is -3.95. The molecular weight excluding hydrogens is 445 g/mol. The number of benzene rings is 1. The van der Waals surface area contributed by atoms with E-state index in [1.54, 1.807) is 37.6 Å². The first-order valence-corrected chi connectivity index (χ1v) is 10.7. The molecule has 0 aliphatic carbocycles. The van der Waals surface area contributed by atoms with Gasteiger partial charge >= 0.3 is 6.18 Å². The molecule has 0 amide bonds. The minimum Gasteiger partial charge on any atom is -0.433 e. The summed E-state index contributed by atoms with van der Waals surface area (Å²) in [5.74, 6) is 0.724. The Balaban J connectivity index is 1.43. The largest absolute Gasteiger partial charge is 0.434 e. The van der Waals surface area contributed by atoms with Crippen molar-refractivity contribution < 1.29 is 17.6 Å². The molecule has 5 aromatic rings. The molecule has 4 aromatic heterocycles. The molecule has 0 atom stereocenters. The van der Waals surface area contributed by atoms with Gasteiger partial charge in [-0.2, -0.15) is 18.3 Å². The maximum Gasteiger partial charge on any atom is 0.434 e. The van der Waals surface area contributed by atoms with Gasteiger partial charge in [0.15, 0.2) is 11.3 Å². The number of halogens is 3. The molecule has 0 N–H and O–H groups in total. The summed E-state index contributed by atoms with van der Waals surface area (Å²) in [4.78, 5) is 12.8. The summed E-state index contributed by atoms with van der Waals surface area (Å²) in [6, 6.07) is 11.0. The second-order valence-electron chi connectivity index (χ2n) is 8.31. The monoisotopic (exact) mass is 466 g/mol. The van der Waals surface area contributed by atoms with Crippen LogP contribution in [-0.2, 0) is 19.6 Å². The number of rotatable bonds is 5. The van der Waals surface area contributed by atoms with Crippen molar-refractivity contribution in [3.8, 4) is 23.0 Å². The summed E-state index contributed by atoms with van der Waals surface area (Å²) in [5.41, 5.74) is 3.41. The molecule has 0 saturated carbocycles. The van der Waals surface area contributed by atoms with Crippen molar-refractivity contribution in [3.05, 3.63) is 71.9 Å². The van der Waals surface area contributed by atoms with Crippen LogP contribution in [0.5, 0.6) is 0 Å². The lowest BCUT2D eigenvalue weighted by Crippen LogP contribution is -2.04. The SMILES string of the molecule is CC(C)n1nccc1-c1nc2ccnc(Cc3ccc(-c4nc(C(F)(F)F)cn4C)cc3)c2o1. The second kappa shape index (κ2) is 8.12. The number of hydrogen-bond acceptors (Lipinski definition) is 5. The van der Waals surface area contributed by atoms with Crippen molar-refractivity contribution >= 4 is 11.1 Å². The molecule has 0 bridgehead atoms. The first-order chi connectivity index (χ1) is 16.2. The fourth-order valence-electron chi connectivity index (χ4n) is 3.87. The van der Waals surface area contributed by atoms with E-state index in [1.807, 2.05) is 36.7 Å². The summed E-state index contributed by atoms with van der Waals surface area (Å²) in [6.07, 6.45) is 0.378. The summed E-state index contributed by atoms with van der Waals surface area (Å²) < 4.78 is 48.3. The van der Waals surface area contributed by atoms with Gasteiger partial charge in [-0.15, -0.1) is 0 Å². The van der Waals surface area contributed by atoms with Gasteiger partial charge in [0.25, 0.3) is 0 Å². The van der Waals surface area contributed by atoms with Gasteiger partial charge in [0.1, 0.15) is 17.0 Å². The van der Waals surface area contributed by atoms with Crippen molar-refractivity contribution in [2.75, 3.05) is 0 Å². The lowest BCUT2D eigenvalue weighted by atomic mass is 10.1. The van der Waals surface area contributed by atoms with E-state index in [1.165, 1.54) is 4.57 Å². The maximum atomic E-state index is 13.0. The third-order valence-electron chi connectivity index (χ3n) is 5.51. The normalized spacial score (nSPS) is 12.2. The predicted octanol–water partition coefficient (Wildman–Crippen LogP) is 5.68. The number of nitrogens with zero attached hydrogens (tertiary/aromatic N) is 6. The van der Waals surface area contributed by atoms with Crippen LogP contribution in [0.1, 0.15) is 36.8 Å². The Kier molecular flexibility index (Phi) is 5.22. The summed E-state index contributed by atoms with van der Waals surface area (Å²) >= 11 is 0. The highest BCUT2D eigenvalue weighted by atomic mass is 19.4. The fraction of sp³-hybridized carbons (Fsp3) is 0.250. The molecule has 0 radical (unpaired) electrons.